The molecule has 2 rings (SSSR count). The Morgan fingerprint density at radius 2 is 1.82 bits per heavy atom. The van der Waals surface area contributed by atoms with Crippen LogP contribution in [-0.2, 0) is 6.61 Å². The number of oxime groups is 1. The van der Waals surface area contributed by atoms with Gasteiger partial charge in [0.25, 0.3) is 0 Å². The maximum atomic E-state index is 8.60. The third-order valence-corrected chi connectivity index (χ3v) is 3.40. The maximum Gasteiger partial charge on any atom is 0.180 e. The highest BCUT2D eigenvalue weighted by atomic mass is 35.5. The largest absolute Gasteiger partial charge is 0.493 e. The third kappa shape index (κ3) is 3.92. The number of ether oxygens (including phenoxy) is 2. The number of methoxy groups -OCH3 is 1. The normalized spacial score (nSPS) is 10.9. The van der Waals surface area contributed by atoms with Crippen LogP contribution in [0.5, 0.6) is 11.5 Å². The molecule has 0 amide bonds. The summed E-state index contributed by atoms with van der Waals surface area (Å²) in [5.74, 6) is 0.963. The summed E-state index contributed by atoms with van der Waals surface area (Å²) in [6.07, 6.45) is 1.28. The van der Waals surface area contributed by atoms with Crippen LogP contribution in [0.4, 0.5) is 0 Å². The summed E-state index contributed by atoms with van der Waals surface area (Å²) in [5, 5.41) is 12.0. The van der Waals surface area contributed by atoms with Crippen molar-refractivity contribution in [1.29, 1.82) is 0 Å². The molecule has 1 N–H and O–H groups in total. The molecule has 0 saturated heterocycles. The van der Waals surface area contributed by atoms with Gasteiger partial charge in [-0.1, -0.05) is 46.1 Å². The van der Waals surface area contributed by atoms with E-state index in [-0.39, 0.29) is 0 Å². The van der Waals surface area contributed by atoms with Crippen LogP contribution < -0.4 is 9.47 Å². The van der Waals surface area contributed by atoms with Crippen molar-refractivity contribution >= 4 is 17.8 Å². The number of halogens is 1. The minimum Gasteiger partial charge on any atom is -0.493 e. The Kier molecular flexibility index (Phi) is 5.28. The van der Waals surface area contributed by atoms with Crippen LogP contribution in [0.25, 0.3) is 0 Å². The van der Waals surface area contributed by atoms with Gasteiger partial charge in [-0.2, -0.15) is 0 Å². The zero-order valence-corrected chi connectivity index (χ0v) is 13.5. The molecular formula is C17H18ClNO3. The van der Waals surface area contributed by atoms with Gasteiger partial charge in [0, 0.05) is 5.56 Å². The Hall–Kier alpha value is -2.20. The SMILES string of the molecule is COc1cc(/C=N\O)cc(Cl)c1OCc1cc(C)cc(C)c1. The van der Waals surface area contributed by atoms with Crippen molar-refractivity contribution < 1.29 is 14.7 Å². The van der Waals surface area contributed by atoms with Gasteiger partial charge < -0.3 is 14.7 Å². The minimum absolute atomic E-state index is 0.395. The Labute approximate surface area is 134 Å². The lowest BCUT2D eigenvalue weighted by Gasteiger charge is -2.14. The van der Waals surface area contributed by atoms with Crippen LogP contribution in [0.15, 0.2) is 35.5 Å². The van der Waals surface area contributed by atoms with E-state index in [1.807, 2.05) is 13.8 Å². The molecule has 0 radical (unpaired) electrons. The Bertz CT molecular complexity index is 678. The van der Waals surface area contributed by atoms with Crippen molar-refractivity contribution in [1.82, 2.24) is 0 Å². The molecule has 2 aromatic rings. The second kappa shape index (κ2) is 7.18. The summed E-state index contributed by atoms with van der Waals surface area (Å²) in [6.45, 7) is 4.49. The van der Waals surface area contributed by atoms with Gasteiger partial charge in [0.05, 0.1) is 18.3 Å². The van der Waals surface area contributed by atoms with Gasteiger partial charge in [-0.05, 0) is 31.5 Å². The summed E-state index contributed by atoms with van der Waals surface area (Å²) in [7, 11) is 1.54. The van der Waals surface area contributed by atoms with Gasteiger partial charge in [-0.15, -0.1) is 0 Å². The van der Waals surface area contributed by atoms with Crippen molar-refractivity contribution in [2.45, 2.75) is 20.5 Å². The molecule has 0 atom stereocenters. The Balaban J connectivity index is 2.25. The van der Waals surface area contributed by atoms with Crippen molar-refractivity contribution in [3.8, 4) is 11.5 Å². The number of benzene rings is 2. The topological polar surface area (TPSA) is 51.0 Å². The molecule has 0 bridgehead atoms. The molecule has 0 unspecified atom stereocenters. The second-order valence-electron chi connectivity index (χ2n) is 5.06. The van der Waals surface area contributed by atoms with Gasteiger partial charge in [0.15, 0.2) is 11.5 Å². The van der Waals surface area contributed by atoms with E-state index < -0.39 is 0 Å². The number of hydrogen-bond donors (Lipinski definition) is 1. The molecule has 0 aliphatic carbocycles. The lowest BCUT2D eigenvalue weighted by molar-refractivity contribution is 0.284. The van der Waals surface area contributed by atoms with Gasteiger partial charge in [-0.25, -0.2) is 0 Å². The number of nitrogens with zero attached hydrogens (tertiary/aromatic N) is 1. The molecule has 0 spiro atoms. The van der Waals surface area contributed by atoms with Crippen molar-refractivity contribution in [2.75, 3.05) is 7.11 Å². The molecule has 2 aromatic carbocycles. The molecule has 0 fully saturated rings. The molecule has 4 nitrogen and oxygen atoms in total. The average Bonchev–Trinajstić information content (AvgIpc) is 2.45. The number of hydrogen-bond acceptors (Lipinski definition) is 4. The molecule has 0 saturated carbocycles. The summed E-state index contributed by atoms with van der Waals surface area (Å²) >= 11 is 6.23. The monoisotopic (exact) mass is 319 g/mol. The molecular weight excluding hydrogens is 302 g/mol. The number of rotatable bonds is 5. The zero-order valence-electron chi connectivity index (χ0n) is 12.8. The first-order valence-electron chi connectivity index (χ1n) is 6.78. The zero-order chi connectivity index (χ0) is 16.1. The molecule has 0 aliphatic rings. The summed E-state index contributed by atoms with van der Waals surface area (Å²) < 4.78 is 11.1. The highest BCUT2D eigenvalue weighted by Crippen LogP contribution is 2.36. The number of aryl methyl sites for hydroxylation is 2. The Morgan fingerprint density at radius 3 is 2.41 bits per heavy atom. The third-order valence-electron chi connectivity index (χ3n) is 3.12. The van der Waals surface area contributed by atoms with Crippen molar-refractivity contribution in [2.24, 2.45) is 5.16 Å². The summed E-state index contributed by atoms with van der Waals surface area (Å²) in [4.78, 5) is 0. The van der Waals surface area contributed by atoms with Crippen LogP contribution in [-0.4, -0.2) is 18.5 Å². The van der Waals surface area contributed by atoms with E-state index in [1.54, 1.807) is 12.1 Å². The fourth-order valence-corrected chi connectivity index (χ4v) is 2.60. The standard InChI is InChI=1S/C17H18ClNO3/c1-11-4-12(2)6-14(5-11)10-22-17-15(18)7-13(9-19-20)8-16(17)21-3/h4-9,20H,10H2,1-3H3/b19-9-. The molecule has 5 heteroatoms. The molecule has 0 heterocycles. The second-order valence-corrected chi connectivity index (χ2v) is 5.47. The molecule has 116 valence electrons. The van der Waals surface area contributed by atoms with E-state index in [2.05, 4.69) is 23.4 Å². The minimum atomic E-state index is 0.395. The predicted octanol–water partition coefficient (Wildman–Crippen LogP) is 4.35. The van der Waals surface area contributed by atoms with Gasteiger partial charge in [0.1, 0.15) is 6.61 Å². The van der Waals surface area contributed by atoms with Crippen LogP contribution >= 0.6 is 11.6 Å². The fourth-order valence-electron chi connectivity index (χ4n) is 2.33. The van der Waals surface area contributed by atoms with Crippen molar-refractivity contribution in [3.63, 3.8) is 0 Å². The van der Waals surface area contributed by atoms with E-state index in [0.29, 0.717) is 28.7 Å². The van der Waals surface area contributed by atoms with E-state index >= 15 is 0 Å². The molecule has 22 heavy (non-hydrogen) atoms. The van der Waals surface area contributed by atoms with Crippen LogP contribution in [0.3, 0.4) is 0 Å². The quantitative estimate of drug-likeness (QED) is 0.506. The van der Waals surface area contributed by atoms with Gasteiger partial charge >= 0.3 is 0 Å². The lowest BCUT2D eigenvalue weighted by atomic mass is 10.1. The Morgan fingerprint density at radius 1 is 1.14 bits per heavy atom. The first-order chi connectivity index (χ1) is 10.5. The van der Waals surface area contributed by atoms with E-state index in [9.17, 15) is 0 Å². The summed E-state index contributed by atoms with van der Waals surface area (Å²) in [5.41, 5.74) is 4.07. The van der Waals surface area contributed by atoms with E-state index in [4.69, 9.17) is 26.3 Å². The smallest absolute Gasteiger partial charge is 0.180 e. The predicted molar refractivity (Wildman–Crippen MR) is 87.6 cm³/mol. The summed E-state index contributed by atoms with van der Waals surface area (Å²) in [6, 6.07) is 9.60. The lowest BCUT2D eigenvalue weighted by Crippen LogP contribution is -2.00. The maximum absolute atomic E-state index is 8.60. The first kappa shape index (κ1) is 16.2. The van der Waals surface area contributed by atoms with Gasteiger partial charge in [0.2, 0.25) is 0 Å². The first-order valence-corrected chi connectivity index (χ1v) is 7.16. The average molecular weight is 320 g/mol. The van der Waals surface area contributed by atoms with E-state index in [1.165, 1.54) is 24.5 Å². The highest BCUT2D eigenvalue weighted by Gasteiger charge is 2.12. The highest BCUT2D eigenvalue weighted by molar-refractivity contribution is 6.32. The van der Waals surface area contributed by atoms with Crippen LogP contribution in [0, 0.1) is 13.8 Å². The van der Waals surface area contributed by atoms with Crippen LogP contribution in [0.2, 0.25) is 5.02 Å². The van der Waals surface area contributed by atoms with Crippen molar-refractivity contribution in [3.05, 3.63) is 57.6 Å². The molecule has 0 aliphatic heterocycles. The van der Waals surface area contributed by atoms with E-state index in [0.717, 1.165) is 5.56 Å². The van der Waals surface area contributed by atoms with Crippen LogP contribution in [0.1, 0.15) is 22.3 Å². The fraction of sp³-hybridized carbons (Fsp3) is 0.235. The van der Waals surface area contributed by atoms with Gasteiger partial charge in [-0.3, -0.25) is 0 Å². The molecule has 0 aromatic heterocycles.